The summed E-state index contributed by atoms with van der Waals surface area (Å²) >= 11 is 3.55. The van der Waals surface area contributed by atoms with E-state index in [-0.39, 0.29) is 5.91 Å². The number of aromatic nitrogens is 2. The van der Waals surface area contributed by atoms with E-state index in [9.17, 15) is 4.79 Å². The van der Waals surface area contributed by atoms with Crippen LogP contribution < -0.4 is 4.90 Å². The van der Waals surface area contributed by atoms with Crippen LogP contribution in [0.5, 0.6) is 0 Å². The molecule has 2 aromatic heterocycles. The van der Waals surface area contributed by atoms with Gasteiger partial charge >= 0.3 is 0 Å². The first kappa shape index (κ1) is 16.5. The molecule has 0 unspecified atom stereocenters. The lowest BCUT2D eigenvalue weighted by Gasteiger charge is -2.23. The number of imidazole rings is 1. The highest BCUT2D eigenvalue weighted by atomic mass is 79.9. The van der Waals surface area contributed by atoms with Gasteiger partial charge in [-0.2, -0.15) is 0 Å². The van der Waals surface area contributed by atoms with E-state index in [0.29, 0.717) is 0 Å². The molecule has 2 heterocycles. The number of para-hydroxylation sites is 1. The quantitative estimate of drug-likeness (QED) is 0.454. The van der Waals surface area contributed by atoms with Crippen molar-refractivity contribution in [3.63, 3.8) is 0 Å². The van der Waals surface area contributed by atoms with Gasteiger partial charge in [-0.15, -0.1) is 0 Å². The number of pyridine rings is 1. The maximum Gasteiger partial charge on any atom is 0.228 e. The second-order valence-corrected chi connectivity index (χ2v) is 6.76. The molecule has 1 amide bonds. The molecule has 128 valence electrons. The van der Waals surface area contributed by atoms with E-state index in [4.69, 9.17) is 0 Å². The second-order valence-electron chi connectivity index (χ2n) is 5.94. The predicted octanol–water partition coefficient (Wildman–Crippen LogP) is 5.45. The molecule has 0 bridgehead atoms. The minimum Gasteiger partial charge on any atom is -0.292 e. The maximum atomic E-state index is 12.5. The summed E-state index contributed by atoms with van der Waals surface area (Å²) in [5, 5.41) is 0. The van der Waals surface area contributed by atoms with Gasteiger partial charge in [0.05, 0.1) is 11.9 Å². The molecule has 0 atom stereocenters. The summed E-state index contributed by atoms with van der Waals surface area (Å²) in [6.07, 6.45) is 3.77. The number of nitrogens with zero attached hydrogens (tertiary/aromatic N) is 3. The molecular weight excluding hydrogens is 390 g/mol. The molecular formula is C21H16BrN3O. The van der Waals surface area contributed by atoms with Crippen LogP contribution in [-0.4, -0.2) is 15.3 Å². The largest absolute Gasteiger partial charge is 0.292 e. The first-order valence-corrected chi connectivity index (χ1v) is 9.02. The summed E-state index contributed by atoms with van der Waals surface area (Å²) in [4.78, 5) is 18.7. The zero-order valence-electron chi connectivity index (χ0n) is 14.1. The Balaban J connectivity index is 2.00. The summed E-state index contributed by atoms with van der Waals surface area (Å²) in [6, 6.07) is 21.7. The highest BCUT2D eigenvalue weighted by molar-refractivity contribution is 9.10. The maximum absolute atomic E-state index is 12.5. The summed E-state index contributed by atoms with van der Waals surface area (Å²) in [5.41, 5.74) is 4.36. The van der Waals surface area contributed by atoms with Crippen LogP contribution in [0.1, 0.15) is 6.92 Å². The number of halogens is 1. The zero-order valence-corrected chi connectivity index (χ0v) is 15.7. The number of rotatable bonds is 3. The Labute approximate surface area is 159 Å². The van der Waals surface area contributed by atoms with Gasteiger partial charge in [-0.3, -0.25) is 14.1 Å². The standard InChI is InChI=1S/C21H16BrN3O/c1-15(26)25(18-10-6-3-7-11-18)19-12-17(16-8-4-2-5-9-16)14-24-20(22)13-23-21(19)24/h2-14H,1H3. The Morgan fingerprint density at radius 1 is 1.00 bits per heavy atom. The number of benzene rings is 2. The molecule has 0 aliphatic heterocycles. The molecule has 0 saturated carbocycles. The Morgan fingerprint density at radius 3 is 2.31 bits per heavy atom. The topological polar surface area (TPSA) is 37.6 Å². The van der Waals surface area contributed by atoms with Gasteiger partial charge in [0.2, 0.25) is 5.91 Å². The van der Waals surface area contributed by atoms with Crippen molar-refractivity contribution in [2.45, 2.75) is 6.92 Å². The molecule has 26 heavy (non-hydrogen) atoms. The Kier molecular flexibility index (Phi) is 4.31. The molecule has 0 N–H and O–H groups in total. The van der Waals surface area contributed by atoms with Gasteiger partial charge in [-0.05, 0) is 39.7 Å². The van der Waals surface area contributed by atoms with Crippen LogP contribution in [0.25, 0.3) is 16.8 Å². The van der Waals surface area contributed by atoms with Gasteiger partial charge in [0.25, 0.3) is 0 Å². The van der Waals surface area contributed by atoms with Gasteiger partial charge in [-0.25, -0.2) is 4.98 Å². The first-order valence-electron chi connectivity index (χ1n) is 8.23. The number of hydrogen-bond acceptors (Lipinski definition) is 2. The van der Waals surface area contributed by atoms with Gasteiger partial charge in [-0.1, -0.05) is 48.5 Å². The minimum atomic E-state index is -0.0672. The lowest BCUT2D eigenvalue weighted by Crippen LogP contribution is -2.23. The second kappa shape index (κ2) is 6.77. The van der Waals surface area contributed by atoms with Crippen LogP contribution in [0, 0.1) is 0 Å². The number of carbonyl (C=O) groups is 1. The van der Waals surface area contributed by atoms with Crippen LogP contribution in [0.2, 0.25) is 0 Å². The highest BCUT2D eigenvalue weighted by Crippen LogP contribution is 2.34. The third-order valence-electron chi connectivity index (χ3n) is 4.22. The van der Waals surface area contributed by atoms with Crippen LogP contribution in [0.15, 0.2) is 83.7 Å². The molecule has 0 saturated heterocycles. The Hall–Kier alpha value is -2.92. The molecule has 5 heteroatoms. The number of fused-ring (bicyclic) bond motifs is 1. The smallest absolute Gasteiger partial charge is 0.228 e. The van der Waals surface area contributed by atoms with Crippen molar-refractivity contribution in [1.29, 1.82) is 0 Å². The van der Waals surface area contributed by atoms with E-state index < -0.39 is 0 Å². The van der Waals surface area contributed by atoms with E-state index in [2.05, 4.69) is 33.0 Å². The monoisotopic (exact) mass is 405 g/mol. The highest BCUT2D eigenvalue weighted by Gasteiger charge is 2.20. The van der Waals surface area contributed by atoms with Crippen molar-refractivity contribution >= 4 is 38.9 Å². The van der Waals surface area contributed by atoms with Crippen molar-refractivity contribution < 1.29 is 4.79 Å². The van der Waals surface area contributed by atoms with Gasteiger partial charge in [0.15, 0.2) is 5.65 Å². The predicted molar refractivity (Wildman–Crippen MR) is 108 cm³/mol. The number of anilines is 2. The van der Waals surface area contributed by atoms with E-state index >= 15 is 0 Å². The molecule has 4 nitrogen and oxygen atoms in total. The fourth-order valence-electron chi connectivity index (χ4n) is 3.06. The number of amides is 1. The molecule has 2 aromatic carbocycles. The molecule has 4 aromatic rings. The van der Waals surface area contributed by atoms with Crippen molar-refractivity contribution in [3.05, 3.63) is 83.7 Å². The molecule has 4 rings (SSSR count). The fourth-order valence-corrected chi connectivity index (χ4v) is 3.43. The number of carbonyl (C=O) groups excluding carboxylic acids is 1. The van der Waals surface area contributed by atoms with Crippen molar-refractivity contribution in [1.82, 2.24) is 9.38 Å². The summed E-state index contributed by atoms with van der Waals surface area (Å²) in [6.45, 7) is 1.57. The summed E-state index contributed by atoms with van der Waals surface area (Å²) in [5.74, 6) is -0.0672. The molecule has 0 aliphatic carbocycles. The minimum absolute atomic E-state index is 0.0672. The molecule has 0 radical (unpaired) electrons. The van der Waals surface area contributed by atoms with Gasteiger partial charge < -0.3 is 0 Å². The van der Waals surface area contributed by atoms with Crippen molar-refractivity contribution in [2.75, 3.05) is 4.90 Å². The van der Waals surface area contributed by atoms with Crippen molar-refractivity contribution in [3.8, 4) is 11.1 Å². The van der Waals surface area contributed by atoms with E-state index in [0.717, 1.165) is 32.8 Å². The third kappa shape index (κ3) is 2.91. The molecule has 0 fully saturated rings. The Morgan fingerprint density at radius 2 is 1.65 bits per heavy atom. The Bertz CT molecular complexity index is 1070. The number of hydrogen-bond donors (Lipinski definition) is 0. The van der Waals surface area contributed by atoms with Crippen LogP contribution in [0.4, 0.5) is 11.4 Å². The van der Waals surface area contributed by atoms with Crippen molar-refractivity contribution in [2.24, 2.45) is 0 Å². The summed E-state index contributed by atoms with van der Waals surface area (Å²) in [7, 11) is 0. The zero-order chi connectivity index (χ0) is 18.1. The van der Waals surface area contributed by atoms with Gasteiger partial charge in [0.1, 0.15) is 4.60 Å². The lowest BCUT2D eigenvalue weighted by molar-refractivity contribution is -0.115. The van der Waals surface area contributed by atoms with E-state index in [1.165, 1.54) is 0 Å². The third-order valence-corrected chi connectivity index (χ3v) is 4.81. The fraction of sp³-hybridized carbons (Fsp3) is 0.0476. The molecule has 0 aliphatic rings. The summed E-state index contributed by atoms with van der Waals surface area (Å²) < 4.78 is 2.79. The van der Waals surface area contributed by atoms with Crippen LogP contribution in [-0.2, 0) is 4.79 Å². The normalized spacial score (nSPS) is 10.8. The van der Waals surface area contributed by atoms with E-state index in [1.54, 1.807) is 18.0 Å². The van der Waals surface area contributed by atoms with Gasteiger partial charge in [0, 0.05) is 24.4 Å². The van der Waals surface area contributed by atoms with Crippen LogP contribution in [0.3, 0.4) is 0 Å². The lowest BCUT2D eigenvalue weighted by atomic mass is 10.1. The van der Waals surface area contributed by atoms with Crippen LogP contribution >= 0.6 is 15.9 Å². The average molecular weight is 406 g/mol. The van der Waals surface area contributed by atoms with E-state index in [1.807, 2.05) is 65.2 Å². The first-order chi connectivity index (χ1) is 12.6. The SMILES string of the molecule is CC(=O)N(c1ccccc1)c1cc(-c2ccccc2)cn2c(Br)cnc12. The average Bonchev–Trinajstić information content (AvgIpc) is 3.04. The molecule has 0 spiro atoms.